The van der Waals surface area contributed by atoms with Crippen LogP contribution >= 0.6 is 11.6 Å². The molecule has 0 aliphatic carbocycles. The summed E-state index contributed by atoms with van der Waals surface area (Å²) in [5.74, 6) is -0.0674. The van der Waals surface area contributed by atoms with Crippen LogP contribution in [-0.4, -0.2) is 20.7 Å². The molecule has 0 atom stereocenters. The zero-order valence-electron chi connectivity index (χ0n) is 8.51. The molecular formula is C10H9ClN4O. The summed E-state index contributed by atoms with van der Waals surface area (Å²) in [5.41, 5.74) is 0.625. The second-order valence-electron chi connectivity index (χ2n) is 3.23. The number of halogens is 1. The van der Waals surface area contributed by atoms with Gasteiger partial charge in [-0.3, -0.25) is 4.79 Å². The molecule has 0 fully saturated rings. The summed E-state index contributed by atoms with van der Waals surface area (Å²) in [6.07, 6.45) is 1.47. The highest BCUT2D eigenvalue weighted by molar-refractivity contribution is 6.30. The van der Waals surface area contributed by atoms with Crippen molar-refractivity contribution in [3.05, 3.63) is 41.4 Å². The Morgan fingerprint density at radius 1 is 1.50 bits per heavy atom. The molecule has 0 radical (unpaired) electrons. The van der Waals surface area contributed by atoms with Crippen molar-refractivity contribution < 1.29 is 4.79 Å². The molecular weight excluding hydrogens is 228 g/mol. The first-order chi connectivity index (χ1) is 7.66. The molecule has 0 saturated heterocycles. The summed E-state index contributed by atoms with van der Waals surface area (Å²) in [6, 6.07) is 6.91. The number of nitrogens with zero attached hydrogens (tertiary/aromatic N) is 3. The molecule has 0 spiro atoms. The van der Waals surface area contributed by atoms with Gasteiger partial charge in [-0.2, -0.15) is 0 Å². The minimum atomic E-state index is -0.317. The summed E-state index contributed by atoms with van der Waals surface area (Å²) >= 11 is 5.80. The maximum Gasteiger partial charge on any atom is 0.293 e. The molecule has 0 saturated carbocycles. The van der Waals surface area contributed by atoms with Crippen LogP contribution in [-0.2, 0) is 7.05 Å². The molecule has 0 aliphatic heterocycles. The van der Waals surface area contributed by atoms with E-state index in [-0.39, 0.29) is 11.7 Å². The van der Waals surface area contributed by atoms with Crippen LogP contribution in [0.3, 0.4) is 0 Å². The van der Waals surface area contributed by atoms with Gasteiger partial charge < -0.3 is 9.88 Å². The number of benzene rings is 1. The van der Waals surface area contributed by atoms with Crippen LogP contribution in [0.25, 0.3) is 0 Å². The van der Waals surface area contributed by atoms with E-state index in [1.807, 2.05) is 0 Å². The zero-order valence-corrected chi connectivity index (χ0v) is 9.27. The van der Waals surface area contributed by atoms with Crippen LogP contribution in [0.2, 0.25) is 5.02 Å². The van der Waals surface area contributed by atoms with Gasteiger partial charge in [-0.1, -0.05) is 17.7 Å². The third kappa shape index (κ3) is 2.20. The first kappa shape index (κ1) is 10.6. The van der Waals surface area contributed by atoms with Crippen molar-refractivity contribution in [1.29, 1.82) is 0 Å². The van der Waals surface area contributed by atoms with Gasteiger partial charge in [-0.05, 0) is 18.2 Å². The van der Waals surface area contributed by atoms with Gasteiger partial charge in [0.1, 0.15) is 6.33 Å². The van der Waals surface area contributed by atoms with Crippen LogP contribution < -0.4 is 5.32 Å². The maximum atomic E-state index is 11.7. The van der Waals surface area contributed by atoms with E-state index in [1.54, 1.807) is 35.9 Å². The Morgan fingerprint density at radius 3 is 2.94 bits per heavy atom. The fourth-order valence-corrected chi connectivity index (χ4v) is 1.43. The number of nitrogens with one attached hydrogen (secondary N) is 1. The predicted octanol–water partition coefficient (Wildman–Crippen LogP) is 1.72. The van der Waals surface area contributed by atoms with Gasteiger partial charge in [-0.15, -0.1) is 10.2 Å². The summed E-state index contributed by atoms with van der Waals surface area (Å²) in [4.78, 5) is 11.7. The monoisotopic (exact) mass is 236 g/mol. The number of carbonyl (C=O) groups excluding carboxylic acids is 1. The number of hydrogen-bond acceptors (Lipinski definition) is 3. The molecule has 1 heterocycles. The smallest absolute Gasteiger partial charge is 0.293 e. The minimum absolute atomic E-state index is 0.250. The summed E-state index contributed by atoms with van der Waals surface area (Å²) in [5, 5.41) is 10.6. The van der Waals surface area contributed by atoms with Crippen LogP contribution in [0.15, 0.2) is 30.6 Å². The molecule has 0 aliphatic rings. The number of aromatic nitrogens is 3. The molecule has 2 rings (SSSR count). The Bertz CT molecular complexity index is 523. The Labute approximate surface area is 97.1 Å². The van der Waals surface area contributed by atoms with E-state index in [2.05, 4.69) is 15.5 Å². The van der Waals surface area contributed by atoms with E-state index in [1.165, 1.54) is 6.33 Å². The molecule has 0 unspecified atom stereocenters. The molecule has 1 N–H and O–H groups in total. The average molecular weight is 237 g/mol. The topological polar surface area (TPSA) is 59.8 Å². The lowest BCUT2D eigenvalue weighted by Gasteiger charge is -2.04. The third-order valence-corrected chi connectivity index (χ3v) is 2.23. The normalized spacial score (nSPS) is 10.1. The molecule has 1 aromatic carbocycles. The molecule has 0 bridgehead atoms. The molecule has 82 valence electrons. The molecule has 16 heavy (non-hydrogen) atoms. The van der Waals surface area contributed by atoms with E-state index >= 15 is 0 Å². The Hall–Kier alpha value is -1.88. The van der Waals surface area contributed by atoms with Crippen molar-refractivity contribution in [2.45, 2.75) is 0 Å². The van der Waals surface area contributed by atoms with E-state index < -0.39 is 0 Å². The highest BCUT2D eigenvalue weighted by Gasteiger charge is 2.11. The van der Waals surface area contributed by atoms with E-state index in [9.17, 15) is 4.79 Å². The molecule has 2 aromatic rings. The lowest BCUT2D eigenvalue weighted by Crippen LogP contribution is -2.16. The van der Waals surface area contributed by atoms with Gasteiger partial charge in [0.2, 0.25) is 5.82 Å². The Kier molecular flexibility index (Phi) is 2.87. The first-order valence-electron chi connectivity index (χ1n) is 4.58. The number of carbonyl (C=O) groups is 1. The SMILES string of the molecule is Cn1cnnc1C(=O)Nc1cccc(Cl)c1. The lowest BCUT2D eigenvalue weighted by atomic mass is 10.3. The van der Waals surface area contributed by atoms with Crippen molar-refractivity contribution in [2.24, 2.45) is 7.05 Å². The quantitative estimate of drug-likeness (QED) is 0.864. The number of rotatable bonds is 2. The average Bonchev–Trinajstić information content (AvgIpc) is 2.64. The summed E-state index contributed by atoms with van der Waals surface area (Å²) in [7, 11) is 1.70. The van der Waals surface area contributed by atoms with Gasteiger partial charge in [0.15, 0.2) is 0 Å². The number of amides is 1. The van der Waals surface area contributed by atoms with Crippen molar-refractivity contribution in [3.8, 4) is 0 Å². The maximum absolute atomic E-state index is 11.7. The van der Waals surface area contributed by atoms with Gasteiger partial charge in [0, 0.05) is 17.8 Å². The van der Waals surface area contributed by atoms with Crippen molar-refractivity contribution >= 4 is 23.2 Å². The highest BCUT2D eigenvalue weighted by Crippen LogP contribution is 2.15. The fraction of sp³-hybridized carbons (Fsp3) is 0.100. The van der Waals surface area contributed by atoms with Gasteiger partial charge in [0.25, 0.3) is 5.91 Å². The van der Waals surface area contributed by atoms with E-state index in [4.69, 9.17) is 11.6 Å². The van der Waals surface area contributed by atoms with Crippen molar-refractivity contribution in [2.75, 3.05) is 5.32 Å². The molecule has 1 amide bonds. The van der Waals surface area contributed by atoms with Crippen LogP contribution in [0.5, 0.6) is 0 Å². The zero-order chi connectivity index (χ0) is 11.5. The Balaban J connectivity index is 2.17. The number of hydrogen-bond donors (Lipinski definition) is 1. The second-order valence-corrected chi connectivity index (χ2v) is 3.67. The number of aryl methyl sites for hydroxylation is 1. The van der Waals surface area contributed by atoms with Crippen molar-refractivity contribution in [1.82, 2.24) is 14.8 Å². The van der Waals surface area contributed by atoms with E-state index in [0.29, 0.717) is 10.7 Å². The third-order valence-electron chi connectivity index (χ3n) is 2.00. The van der Waals surface area contributed by atoms with E-state index in [0.717, 1.165) is 0 Å². The minimum Gasteiger partial charge on any atom is -0.319 e. The van der Waals surface area contributed by atoms with Gasteiger partial charge in [-0.25, -0.2) is 0 Å². The van der Waals surface area contributed by atoms with Gasteiger partial charge >= 0.3 is 0 Å². The standard InChI is InChI=1S/C10H9ClN4O/c1-15-6-12-14-9(15)10(16)13-8-4-2-3-7(11)5-8/h2-6H,1H3,(H,13,16). The second kappa shape index (κ2) is 4.32. The molecule has 1 aromatic heterocycles. The first-order valence-corrected chi connectivity index (χ1v) is 4.95. The van der Waals surface area contributed by atoms with Crippen LogP contribution in [0.1, 0.15) is 10.6 Å². The largest absolute Gasteiger partial charge is 0.319 e. The van der Waals surface area contributed by atoms with Gasteiger partial charge in [0.05, 0.1) is 0 Å². The van der Waals surface area contributed by atoms with Crippen molar-refractivity contribution in [3.63, 3.8) is 0 Å². The molecule has 5 nitrogen and oxygen atoms in total. The fourth-order valence-electron chi connectivity index (χ4n) is 1.24. The van der Waals surface area contributed by atoms with Crippen LogP contribution in [0, 0.1) is 0 Å². The number of anilines is 1. The summed E-state index contributed by atoms with van der Waals surface area (Å²) in [6.45, 7) is 0. The Morgan fingerprint density at radius 2 is 2.31 bits per heavy atom. The lowest BCUT2D eigenvalue weighted by molar-refractivity contribution is 0.101. The highest BCUT2D eigenvalue weighted by atomic mass is 35.5. The predicted molar refractivity (Wildman–Crippen MR) is 60.4 cm³/mol. The summed E-state index contributed by atoms with van der Waals surface area (Å²) < 4.78 is 1.54. The van der Waals surface area contributed by atoms with Crippen LogP contribution in [0.4, 0.5) is 5.69 Å². The molecule has 6 heteroatoms.